The minimum absolute atomic E-state index is 0.680. The van der Waals surface area contributed by atoms with Crippen molar-refractivity contribution in [3.05, 3.63) is 29.3 Å². The highest BCUT2D eigenvalue weighted by atomic mass is 35.5. The second-order valence-corrected chi connectivity index (χ2v) is 6.77. The number of hydrogen-bond donors (Lipinski definition) is 3. The molecule has 1 fully saturated rings. The van der Waals surface area contributed by atoms with Gasteiger partial charge in [-0.2, -0.15) is 0 Å². The molecule has 5 heteroatoms. The van der Waals surface area contributed by atoms with Gasteiger partial charge in [-0.15, -0.1) is 0 Å². The van der Waals surface area contributed by atoms with E-state index in [2.05, 4.69) is 17.6 Å². The van der Waals surface area contributed by atoms with Crippen LogP contribution in [0.1, 0.15) is 26.2 Å². The van der Waals surface area contributed by atoms with Gasteiger partial charge in [-0.3, -0.25) is 0 Å². The van der Waals surface area contributed by atoms with E-state index in [0.717, 1.165) is 29.6 Å². The van der Waals surface area contributed by atoms with Crippen molar-refractivity contribution >= 4 is 34.6 Å². The summed E-state index contributed by atoms with van der Waals surface area (Å²) in [5.74, 6) is 0.919. The number of thiocarbonyl (C=S) groups is 1. The third-order valence-electron chi connectivity index (χ3n) is 4.08. The molecule has 21 heavy (non-hydrogen) atoms. The molecule has 0 saturated carbocycles. The molecule has 3 nitrogen and oxygen atoms in total. The summed E-state index contributed by atoms with van der Waals surface area (Å²) < 4.78 is 0. The van der Waals surface area contributed by atoms with Crippen LogP contribution in [0.25, 0.3) is 0 Å². The van der Waals surface area contributed by atoms with Crippen LogP contribution in [-0.4, -0.2) is 31.3 Å². The van der Waals surface area contributed by atoms with Crippen LogP contribution in [0.15, 0.2) is 24.3 Å². The molecular weight excluding hydrogens is 302 g/mol. The number of piperidine rings is 1. The van der Waals surface area contributed by atoms with Gasteiger partial charge < -0.3 is 15.5 Å². The zero-order chi connectivity index (χ0) is 15.1. The van der Waals surface area contributed by atoms with Gasteiger partial charge in [0.15, 0.2) is 5.11 Å². The predicted octanol–water partition coefficient (Wildman–Crippen LogP) is 2.33. The third kappa shape index (κ3) is 6.20. The quantitative estimate of drug-likeness (QED) is 0.573. The molecule has 1 aliphatic rings. The van der Waals surface area contributed by atoms with Crippen molar-refractivity contribution < 1.29 is 4.90 Å². The van der Waals surface area contributed by atoms with E-state index in [1.165, 1.54) is 32.5 Å². The van der Waals surface area contributed by atoms with E-state index in [-0.39, 0.29) is 0 Å². The normalized spacial score (nSPS) is 21.8. The maximum Gasteiger partial charge on any atom is 0.170 e. The lowest BCUT2D eigenvalue weighted by Crippen LogP contribution is -3.13. The number of likely N-dealkylation sites (tertiary alicyclic amines) is 1. The van der Waals surface area contributed by atoms with Gasteiger partial charge in [0.05, 0.1) is 19.6 Å². The summed E-state index contributed by atoms with van der Waals surface area (Å²) in [6, 6.07) is 7.56. The van der Waals surface area contributed by atoms with E-state index in [1.54, 1.807) is 4.90 Å². The van der Waals surface area contributed by atoms with Gasteiger partial charge in [0.1, 0.15) is 0 Å². The molecule has 0 bridgehead atoms. The highest BCUT2D eigenvalue weighted by Gasteiger charge is 2.17. The zero-order valence-electron chi connectivity index (χ0n) is 12.6. The predicted molar refractivity (Wildman–Crippen MR) is 94.3 cm³/mol. The first-order valence-electron chi connectivity index (χ1n) is 7.77. The van der Waals surface area contributed by atoms with Crippen LogP contribution in [-0.2, 0) is 0 Å². The maximum absolute atomic E-state index is 5.85. The van der Waals surface area contributed by atoms with Crippen molar-refractivity contribution in [3.8, 4) is 0 Å². The van der Waals surface area contributed by atoms with Crippen molar-refractivity contribution in [3.63, 3.8) is 0 Å². The Labute approximate surface area is 138 Å². The number of nitrogens with one attached hydrogen (secondary N) is 3. The number of quaternary nitrogens is 1. The lowest BCUT2D eigenvalue weighted by molar-refractivity contribution is -0.906. The molecule has 1 heterocycles. The third-order valence-corrected chi connectivity index (χ3v) is 4.57. The van der Waals surface area contributed by atoms with Crippen molar-refractivity contribution in [1.29, 1.82) is 0 Å². The van der Waals surface area contributed by atoms with Gasteiger partial charge in [-0.05, 0) is 55.2 Å². The lowest BCUT2D eigenvalue weighted by Gasteiger charge is -2.27. The monoisotopic (exact) mass is 326 g/mol. The van der Waals surface area contributed by atoms with Gasteiger partial charge in [-0.1, -0.05) is 18.5 Å². The van der Waals surface area contributed by atoms with E-state index in [0.29, 0.717) is 5.11 Å². The highest BCUT2D eigenvalue weighted by Crippen LogP contribution is 2.13. The second-order valence-electron chi connectivity index (χ2n) is 5.92. The fourth-order valence-electron chi connectivity index (χ4n) is 2.67. The van der Waals surface area contributed by atoms with Crippen LogP contribution >= 0.6 is 23.8 Å². The molecule has 0 spiro atoms. The van der Waals surface area contributed by atoms with Gasteiger partial charge in [0.25, 0.3) is 0 Å². The SMILES string of the molecule is CC1CC[NH+](CCCNC(=S)Nc2ccc(Cl)cc2)CC1. The van der Waals surface area contributed by atoms with Crippen LogP contribution in [0, 0.1) is 5.92 Å². The number of rotatable bonds is 5. The van der Waals surface area contributed by atoms with Crippen LogP contribution < -0.4 is 15.5 Å². The Morgan fingerprint density at radius 1 is 1.29 bits per heavy atom. The molecule has 1 aromatic rings. The Morgan fingerprint density at radius 3 is 2.62 bits per heavy atom. The number of hydrogen-bond acceptors (Lipinski definition) is 1. The summed E-state index contributed by atoms with van der Waals surface area (Å²) in [5.41, 5.74) is 0.965. The summed E-state index contributed by atoms with van der Waals surface area (Å²) in [4.78, 5) is 1.74. The summed E-state index contributed by atoms with van der Waals surface area (Å²) in [6.07, 6.45) is 3.91. The fraction of sp³-hybridized carbons (Fsp3) is 0.562. The van der Waals surface area contributed by atoms with Gasteiger partial charge in [0, 0.05) is 23.7 Å². The summed E-state index contributed by atoms with van der Waals surface area (Å²) in [7, 11) is 0. The first kappa shape index (κ1) is 16.5. The smallest absolute Gasteiger partial charge is 0.170 e. The van der Waals surface area contributed by atoms with E-state index >= 15 is 0 Å². The Balaban J connectivity index is 1.58. The molecule has 3 N–H and O–H groups in total. The maximum atomic E-state index is 5.85. The van der Waals surface area contributed by atoms with Crippen LogP contribution in [0.3, 0.4) is 0 Å². The molecule has 1 aliphatic heterocycles. The first-order valence-corrected chi connectivity index (χ1v) is 8.56. The minimum Gasteiger partial charge on any atom is -0.362 e. The van der Waals surface area contributed by atoms with Crippen molar-refractivity contribution in [2.75, 3.05) is 31.5 Å². The molecule has 0 unspecified atom stereocenters. The van der Waals surface area contributed by atoms with Gasteiger partial charge in [-0.25, -0.2) is 0 Å². The molecule has 116 valence electrons. The Kier molecular flexibility index (Phi) is 6.74. The minimum atomic E-state index is 0.680. The van der Waals surface area contributed by atoms with Crippen molar-refractivity contribution in [1.82, 2.24) is 5.32 Å². The average Bonchev–Trinajstić information content (AvgIpc) is 2.48. The molecule has 1 aromatic carbocycles. The van der Waals surface area contributed by atoms with Crippen LogP contribution in [0.4, 0.5) is 5.69 Å². The standard InChI is InChI=1S/C16H24ClN3S/c1-13-7-11-20(12-8-13)10-2-9-18-16(21)19-15-5-3-14(17)4-6-15/h3-6,13H,2,7-12H2,1H3,(H2,18,19,21)/p+1. The summed E-state index contributed by atoms with van der Waals surface area (Å²) in [6.45, 7) is 7.18. The highest BCUT2D eigenvalue weighted by molar-refractivity contribution is 7.80. The summed E-state index contributed by atoms with van der Waals surface area (Å²) >= 11 is 11.1. The van der Waals surface area contributed by atoms with Crippen LogP contribution in [0.2, 0.25) is 5.02 Å². The molecule has 0 aromatic heterocycles. The van der Waals surface area contributed by atoms with Gasteiger partial charge in [0.2, 0.25) is 0 Å². The zero-order valence-corrected chi connectivity index (χ0v) is 14.2. The molecule has 0 atom stereocenters. The van der Waals surface area contributed by atoms with Crippen molar-refractivity contribution in [2.45, 2.75) is 26.2 Å². The number of halogens is 1. The van der Waals surface area contributed by atoms with E-state index < -0.39 is 0 Å². The second kappa shape index (κ2) is 8.57. The molecular formula is C16H25ClN3S+. The van der Waals surface area contributed by atoms with Gasteiger partial charge >= 0.3 is 0 Å². The van der Waals surface area contributed by atoms with E-state index in [1.807, 2.05) is 24.3 Å². The van der Waals surface area contributed by atoms with E-state index in [4.69, 9.17) is 23.8 Å². The van der Waals surface area contributed by atoms with Crippen LogP contribution in [0.5, 0.6) is 0 Å². The molecule has 0 radical (unpaired) electrons. The Bertz CT molecular complexity index is 441. The summed E-state index contributed by atoms with van der Waals surface area (Å²) in [5, 5.41) is 7.85. The fourth-order valence-corrected chi connectivity index (χ4v) is 3.02. The molecule has 1 saturated heterocycles. The number of anilines is 1. The topological polar surface area (TPSA) is 28.5 Å². The molecule has 0 aliphatic carbocycles. The largest absolute Gasteiger partial charge is 0.362 e. The van der Waals surface area contributed by atoms with E-state index in [9.17, 15) is 0 Å². The Hall–Kier alpha value is -0.840. The lowest BCUT2D eigenvalue weighted by atomic mass is 9.99. The Morgan fingerprint density at radius 2 is 1.95 bits per heavy atom. The molecule has 0 amide bonds. The average molecular weight is 327 g/mol. The van der Waals surface area contributed by atoms with Crippen molar-refractivity contribution in [2.24, 2.45) is 5.92 Å². The first-order chi connectivity index (χ1) is 10.1. The number of benzene rings is 1. The molecule has 2 rings (SSSR count).